The average Bonchev–Trinajstić information content (AvgIpc) is 2.50. The molecule has 1 heterocycles. The van der Waals surface area contributed by atoms with Gasteiger partial charge in [0.25, 0.3) is 0 Å². The molecule has 1 aromatic carbocycles. The second kappa shape index (κ2) is 7.14. The van der Waals surface area contributed by atoms with E-state index in [1.54, 1.807) is 4.90 Å². The molecule has 1 amide bonds. The number of amides is 1. The van der Waals surface area contributed by atoms with Gasteiger partial charge in [-0.25, -0.2) is 0 Å². The van der Waals surface area contributed by atoms with Crippen molar-refractivity contribution in [1.29, 1.82) is 0 Å². The lowest BCUT2D eigenvalue weighted by atomic mass is 10.2. The molecule has 1 aliphatic rings. The number of nitrogens with zero attached hydrogens (tertiary/aromatic N) is 1. The topological polar surface area (TPSA) is 64.8 Å². The summed E-state index contributed by atoms with van der Waals surface area (Å²) < 4.78 is 11.5. The van der Waals surface area contributed by atoms with E-state index in [2.05, 4.69) is 0 Å². The second-order valence-electron chi connectivity index (χ2n) is 4.82. The van der Waals surface area contributed by atoms with Gasteiger partial charge in [0, 0.05) is 13.0 Å². The maximum absolute atomic E-state index is 12.0. The zero-order valence-corrected chi connectivity index (χ0v) is 11.9. The maximum Gasteiger partial charge on any atom is 0.222 e. The van der Waals surface area contributed by atoms with E-state index in [0.717, 1.165) is 17.9 Å². The van der Waals surface area contributed by atoms with Gasteiger partial charge in [0.15, 0.2) is 17.6 Å². The summed E-state index contributed by atoms with van der Waals surface area (Å²) in [6.45, 7) is 4.20. The molecule has 0 spiro atoms. The van der Waals surface area contributed by atoms with Gasteiger partial charge in [-0.15, -0.1) is 0 Å². The molecule has 0 bridgehead atoms. The van der Waals surface area contributed by atoms with Gasteiger partial charge in [0.2, 0.25) is 5.91 Å². The molecule has 2 N–H and O–H groups in total. The molecule has 0 saturated carbocycles. The highest BCUT2D eigenvalue weighted by atomic mass is 16.6. The second-order valence-corrected chi connectivity index (χ2v) is 4.82. The highest BCUT2D eigenvalue weighted by Crippen LogP contribution is 2.31. The number of benzene rings is 1. The fourth-order valence-electron chi connectivity index (χ4n) is 2.22. The third-order valence-corrected chi connectivity index (χ3v) is 3.32. The predicted octanol–water partition coefficient (Wildman–Crippen LogP) is 1.41. The highest BCUT2D eigenvalue weighted by Gasteiger charge is 2.24. The van der Waals surface area contributed by atoms with E-state index in [9.17, 15) is 4.79 Å². The van der Waals surface area contributed by atoms with E-state index in [1.807, 2.05) is 31.2 Å². The summed E-state index contributed by atoms with van der Waals surface area (Å²) in [5, 5.41) is 0. The lowest BCUT2D eigenvalue weighted by molar-refractivity contribution is -0.132. The van der Waals surface area contributed by atoms with Gasteiger partial charge >= 0.3 is 0 Å². The Kier molecular flexibility index (Phi) is 5.24. The summed E-state index contributed by atoms with van der Waals surface area (Å²) in [7, 11) is 0. The molecule has 1 aliphatic heterocycles. The van der Waals surface area contributed by atoms with Crippen molar-refractivity contribution < 1.29 is 14.3 Å². The molecule has 5 nitrogen and oxygen atoms in total. The normalized spacial score (nSPS) is 16.8. The Morgan fingerprint density at radius 3 is 2.85 bits per heavy atom. The Bertz CT molecular complexity index is 450. The minimum absolute atomic E-state index is 0.119. The van der Waals surface area contributed by atoms with Gasteiger partial charge < -0.3 is 20.1 Å². The molecule has 0 fully saturated rings. The number of hydrogen-bond donors (Lipinski definition) is 1. The number of hydrogen-bond acceptors (Lipinski definition) is 4. The molecular weight excluding hydrogens is 256 g/mol. The van der Waals surface area contributed by atoms with Crippen molar-refractivity contribution >= 4 is 5.91 Å². The lowest BCUT2D eigenvalue weighted by Gasteiger charge is -2.31. The number of nitrogens with two attached hydrogens (primary N) is 1. The Labute approximate surface area is 119 Å². The number of carbonyl (C=O) groups excluding carboxylic acids is 1. The summed E-state index contributed by atoms with van der Waals surface area (Å²) in [5.41, 5.74) is 5.44. The monoisotopic (exact) mass is 278 g/mol. The minimum Gasteiger partial charge on any atom is -0.486 e. The SMILES string of the molecule is CCN(CC1COc2ccccc2O1)C(=O)CCCN. The number of para-hydroxylation sites is 2. The summed E-state index contributed by atoms with van der Waals surface area (Å²) in [4.78, 5) is 13.8. The molecule has 1 aromatic rings. The largest absolute Gasteiger partial charge is 0.486 e. The third-order valence-electron chi connectivity index (χ3n) is 3.32. The zero-order chi connectivity index (χ0) is 14.4. The van der Waals surface area contributed by atoms with Gasteiger partial charge in [-0.2, -0.15) is 0 Å². The van der Waals surface area contributed by atoms with Crippen LogP contribution in [0.15, 0.2) is 24.3 Å². The summed E-state index contributed by atoms with van der Waals surface area (Å²) in [5.74, 6) is 1.64. The molecule has 110 valence electrons. The first-order valence-corrected chi connectivity index (χ1v) is 7.11. The van der Waals surface area contributed by atoms with E-state index >= 15 is 0 Å². The Balaban J connectivity index is 1.91. The van der Waals surface area contributed by atoms with Gasteiger partial charge in [-0.3, -0.25) is 4.79 Å². The Morgan fingerprint density at radius 1 is 1.40 bits per heavy atom. The van der Waals surface area contributed by atoms with Crippen LogP contribution in [0, 0.1) is 0 Å². The third kappa shape index (κ3) is 3.63. The molecule has 1 atom stereocenters. The lowest BCUT2D eigenvalue weighted by Crippen LogP contribution is -2.43. The van der Waals surface area contributed by atoms with Gasteiger partial charge in [0.1, 0.15) is 6.61 Å². The van der Waals surface area contributed by atoms with Crippen LogP contribution in [0.4, 0.5) is 0 Å². The van der Waals surface area contributed by atoms with E-state index in [1.165, 1.54) is 0 Å². The standard InChI is InChI=1S/C15H22N2O3/c1-2-17(15(18)8-5-9-16)10-12-11-19-13-6-3-4-7-14(13)20-12/h3-4,6-7,12H,2,5,8-11,16H2,1H3. The van der Waals surface area contributed by atoms with E-state index in [4.69, 9.17) is 15.2 Å². The van der Waals surface area contributed by atoms with Crippen molar-refractivity contribution in [1.82, 2.24) is 4.90 Å². The van der Waals surface area contributed by atoms with Gasteiger partial charge in [0.05, 0.1) is 6.54 Å². The Hall–Kier alpha value is -1.75. The summed E-state index contributed by atoms with van der Waals surface area (Å²) in [6.07, 6.45) is 1.10. The Morgan fingerprint density at radius 2 is 2.15 bits per heavy atom. The summed E-state index contributed by atoms with van der Waals surface area (Å²) in [6, 6.07) is 7.59. The van der Waals surface area contributed by atoms with Crippen LogP contribution < -0.4 is 15.2 Å². The fraction of sp³-hybridized carbons (Fsp3) is 0.533. The van der Waals surface area contributed by atoms with Gasteiger partial charge in [-0.05, 0) is 32.0 Å². The summed E-state index contributed by atoms with van der Waals surface area (Å²) >= 11 is 0. The first kappa shape index (κ1) is 14.7. The van der Waals surface area contributed by atoms with Crippen LogP contribution >= 0.6 is 0 Å². The van der Waals surface area contributed by atoms with Crippen molar-refractivity contribution in [3.8, 4) is 11.5 Å². The van der Waals surface area contributed by atoms with Crippen LogP contribution in [0.5, 0.6) is 11.5 Å². The average molecular weight is 278 g/mol. The number of rotatable bonds is 6. The van der Waals surface area contributed by atoms with Crippen molar-refractivity contribution in [2.45, 2.75) is 25.9 Å². The molecule has 0 saturated heterocycles. The number of carbonyl (C=O) groups is 1. The van der Waals surface area contributed by atoms with Crippen LogP contribution in [0.25, 0.3) is 0 Å². The minimum atomic E-state index is -0.119. The molecule has 2 rings (SSSR count). The molecule has 20 heavy (non-hydrogen) atoms. The van der Waals surface area contributed by atoms with E-state index in [0.29, 0.717) is 32.7 Å². The van der Waals surface area contributed by atoms with Crippen molar-refractivity contribution in [3.63, 3.8) is 0 Å². The first-order valence-electron chi connectivity index (χ1n) is 7.11. The van der Waals surface area contributed by atoms with Crippen molar-refractivity contribution in [3.05, 3.63) is 24.3 Å². The molecule has 0 radical (unpaired) electrons. The smallest absolute Gasteiger partial charge is 0.222 e. The van der Waals surface area contributed by atoms with Crippen molar-refractivity contribution in [2.24, 2.45) is 5.73 Å². The highest BCUT2D eigenvalue weighted by molar-refractivity contribution is 5.76. The van der Waals surface area contributed by atoms with Crippen molar-refractivity contribution in [2.75, 3.05) is 26.2 Å². The number of ether oxygens (including phenoxy) is 2. The van der Waals surface area contributed by atoms with Gasteiger partial charge in [-0.1, -0.05) is 12.1 Å². The van der Waals surface area contributed by atoms with Crippen LogP contribution in [0.2, 0.25) is 0 Å². The number of fused-ring (bicyclic) bond motifs is 1. The van der Waals surface area contributed by atoms with Crippen LogP contribution in [-0.4, -0.2) is 43.2 Å². The number of likely N-dealkylation sites (N-methyl/N-ethyl adjacent to an activating group) is 1. The zero-order valence-electron chi connectivity index (χ0n) is 11.9. The molecule has 1 unspecified atom stereocenters. The van der Waals surface area contributed by atoms with Crippen LogP contribution in [0.1, 0.15) is 19.8 Å². The first-order chi connectivity index (χ1) is 9.74. The van der Waals surface area contributed by atoms with Crippen LogP contribution in [0.3, 0.4) is 0 Å². The van der Waals surface area contributed by atoms with Crippen LogP contribution in [-0.2, 0) is 4.79 Å². The molecule has 0 aromatic heterocycles. The fourth-order valence-corrected chi connectivity index (χ4v) is 2.22. The maximum atomic E-state index is 12.0. The molecular formula is C15H22N2O3. The predicted molar refractivity (Wildman–Crippen MR) is 76.9 cm³/mol. The van der Waals surface area contributed by atoms with E-state index in [-0.39, 0.29) is 12.0 Å². The van der Waals surface area contributed by atoms with E-state index < -0.39 is 0 Å². The molecule has 0 aliphatic carbocycles. The quantitative estimate of drug-likeness (QED) is 0.854. The molecule has 5 heteroatoms.